The Kier molecular flexibility index (Phi) is 14.4. The van der Waals surface area contributed by atoms with E-state index in [-0.39, 0.29) is 46.4 Å². The van der Waals surface area contributed by atoms with Crippen molar-refractivity contribution in [3.8, 4) is 11.5 Å². The number of carbonyl (C=O) groups excluding carboxylic acids is 1. The van der Waals surface area contributed by atoms with Gasteiger partial charge >= 0.3 is 41.5 Å². The largest absolute Gasteiger partial charge is 1.00 e. The fraction of sp³-hybridized carbons (Fsp3) is 0.200. The summed E-state index contributed by atoms with van der Waals surface area (Å²) in [5, 5.41) is 8.56. The van der Waals surface area contributed by atoms with E-state index in [0.29, 0.717) is 20.4 Å². The van der Waals surface area contributed by atoms with Crippen LogP contribution in [-0.4, -0.2) is 53.8 Å². The average Bonchev–Trinajstić information content (AvgIpc) is 2.62. The summed E-state index contributed by atoms with van der Waals surface area (Å²) in [6.45, 7) is 0. The molecule has 0 unspecified atom stereocenters. The maximum Gasteiger partial charge on any atom is 1.00 e. The van der Waals surface area contributed by atoms with Crippen molar-refractivity contribution >= 4 is 43.8 Å². The Morgan fingerprint density at radius 3 is 1.70 bits per heavy atom. The smallest absolute Gasteiger partial charge is 0.870 e. The summed E-state index contributed by atoms with van der Waals surface area (Å²) in [5.74, 6) is -0.538. The number of carbonyl (C=O) groups is 2. The van der Waals surface area contributed by atoms with Crippen molar-refractivity contribution in [1.29, 1.82) is 0 Å². The number of carboxylic acid groups (broad SMARTS) is 1. The second-order valence-electron chi connectivity index (χ2n) is 4.20. The molecule has 2 rings (SSSR count). The molecule has 0 saturated carbocycles. The second kappa shape index (κ2) is 13.9. The van der Waals surface area contributed by atoms with Gasteiger partial charge in [0.2, 0.25) is 0 Å². The van der Waals surface area contributed by atoms with Crippen molar-refractivity contribution in [2.75, 3.05) is 21.3 Å². The van der Waals surface area contributed by atoms with E-state index in [1.54, 1.807) is 0 Å². The van der Waals surface area contributed by atoms with E-state index < -0.39 is 11.9 Å². The van der Waals surface area contributed by atoms with Crippen molar-refractivity contribution in [2.45, 2.75) is 0 Å². The van der Waals surface area contributed by atoms with E-state index in [2.05, 4.69) is 46.6 Å². The van der Waals surface area contributed by atoms with Crippen LogP contribution in [0.3, 0.4) is 0 Å². The third kappa shape index (κ3) is 8.54. The third-order valence-corrected chi connectivity index (χ3v) is 3.88. The van der Waals surface area contributed by atoms with E-state index in [4.69, 9.17) is 14.6 Å². The number of nitrogens with zero attached hydrogens (tertiary/aromatic N) is 2. The molecule has 0 aromatic carbocycles. The molecule has 0 saturated heterocycles. The maximum absolute atomic E-state index is 11.0. The van der Waals surface area contributed by atoms with Crippen LogP contribution in [0.15, 0.2) is 33.5 Å². The normalized spacial score (nSPS) is 8.78. The molecule has 12 heteroatoms. The number of halogens is 2. The molecule has 0 spiro atoms. The van der Waals surface area contributed by atoms with Crippen LogP contribution in [0, 0.1) is 0 Å². The number of esters is 1. The molecule has 0 aliphatic carbocycles. The van der Waals surface area contributed by atoms with Gasteiger partial charge in [-0.25, -0.2) is 19.6 Å². The minimum atomic E-state index is -1.07. The Labute approximate surface area is 194 Å². The van der Waals surface area contributed by atoms with Gasteiger partial charge in [0.25, 0.3) is 0 Å². The number of carboxylic acids is 1. The van der Waals surface area contributed by atoms with Gasteiger partial charge in [-0.15, -0.1) is 0 Å². The first-order valence-electron chi connectivity index (χ1n) is 6.54. The van der Waals surface area contributed by atoms with Crippen molar-refractivity contribution in [3.05, 3.63) is 44.9 Å². The van der Waals surface area contributed by atoms with Crippen molar-refractivity contribution in [3.63, 3.8) is 0 Å². The molecular formula is C15H15Br2N2NaO7. The molecule has 27 heavy (non-hydrogen) atoms. The fourth-order valence-electron chi connectivity index (χ4n) is 1.49. The Morgan fingerprint density at radius 1 is 0.926 bits per heavy atom. The van der Waals surface area contributed by atoms with E-state index in [1.807, 2.05) is 0 Å². The number of hydrogen-bond acceptors (Lipinski definition) is 8. The van der Waals surface area contributed by atoms with Crippen LogP contribution in [-0.2, 0) is 4.74 Å². The molecule has 0 fully saturated rings. The molecular weight excluding hydrogens is 503 g/mol. The van der Waals surface area contributed by atoms with Gasteiger partial charge in [-0.1, -0.05) is 0 Å². The zero-order valence-corrected chi connectivity index (χ0v) is 20.1. The summed E-state index contributed by atoms with van der Waals surface area (Å²) >= 11 is 6.38. The molecule has 2 aromatic heterocycles. The van der Waals surface area contributed by atoms with Gasteiger partial charge in [-0.3, -0.25) is 0 Å². The molecule has 2 N–H and O–H groups in total. The molecule has 2 aromatic rings. The van der Waals surface area contributed by atoms with Gasteiger partial charge in [-0.2, -0.15) is 0 Å². The molecule has 2 heterocycles. The Balaban J connectivity index is 0. The molecule has 0 atom stereocenters. The summed E-state index contributed by atoms with van der Waals surface area (Å²) in [6, 6.07) is 2.86. The van der Waals surface area contributed by atoms with Gasteiger partial charge < -0.3 is 24.8 Å². The zero-order chi connectivity index (χ0) is 19.0. The van der Waals surface area contributed by atoms with Crippen molar-refractivity contribution in [1.82, 2.24) is 9.97 Å². The van der Waals surface area contributed by atoms with Gasteiger partial charge in [0, 0.05) is 24.5 Å². The number of rotatable bonds is 4. The van der Waals surface area contributed by atoms with E-state index in [0.717, 1.165) is 0 Å². The molecule has 0 amide bonds. The second-order valence-corrected chi connectivity index (χ2v) is 5.91. The number of hydrogen-bond donors (Lipinski definition) is 1. The number of methoxy groups -OCH3 is 3. The predicted octanol–water partition coefficient (Wildman–Crippen LogP) is 0.0174. The average molecular weight is 518 g/mol. The van der Waals surface area contributed by atoms with Gasteiger partial charge in [-0.05, 0) is 31.9 Å². The predicted molar refractivity (Wildman–Crippen MR) is 97.2 cm³/mol. The molecule has 0 radical (unpaired) electrons. The summed E-state index contributed by atoms with van der Waals surface area (Å²) < 4.78 is 15.7. The van der Waals surface area contributed by atoms with Gasteiger partial charge in [0.1, 0.15) is 11.5 Å². The number of aromatic nitrogens is 2. The zero-order valence-electron chi connectivity index (χ0n) is 14.9. The standard InChI is InChI=1S/C8H8BrNO3.C7H6BrNO3.Na.H2O/c1-12-7-3-6(8(11)13-2)10-4-5(7)9;1-12-6-2-5(7(10)11)9-3-4(6)8;;/h3-4H,1-2H3;2-3H,1H3,(H,10,11);;1H2/q;;+1;/p-1. The molecule has 0 aliphatic heterocycles. The first-order chi connectivity index (χ1) is 11.8. The number of ether oxygens (including phenoxy) is 3. The van der Waals surface area contributed by atoms with Crippen LogP contribution < -0.4 is 39.0 Å². The Hall–Kier alpha value is -1.24. The third-order valence-electron chi connectivity index (χ3n) is 2.69. The first-order valence-corrected chi connectivity index (χ1v) is 8.13. The number of aromatic carboxylic acids is 1. The minimum absolute atomic E-state index is 0. The molecule has 0 bridgehead atoms. The van der Waals surface area contributed by atoms with E-state index in [1.165, 1.54) is 45.9 Å². The fourth-order valence-corrected chi connectivity index (χ4v) is 2.24. The summed E-state index contributed by atoms with van der Waals surface area (Å²) in [4.78, 5) is 29.0. The monoisotopic (exact) mass is 516 g/mol. The van der Waals surface area contributed by atoms with Crippen molar-refractivity contribution in [2.24, 2.45) is 0 Å². The van der Waals surface area contributed by atoms with Gasteiger partial charge in [0.05, 0.1) is 30.3 Å². The van der Waals surface area contributed by atoms with Crippen LogP contribution in [0.4, 0.5) is 0 Å². The minimum Gasteiger partial charge on any atom is -0.870 e. The van der Waals surface area contributed by atoms with Crippen LogP contribution in [0.5, 0.6) is 11.5 Å². The van der Waals surface area contributed by atoms with Crippen molar-refractivity contribution < 1.29 is 63.9 Å². The first kappa shape index (κ1) is 28.0. The quantitative estimate of drug-likeness (QED) is 0.439. The molecule has 0 aliphatic rings. The van der Waals surface area contributed by atoms with Crippen LogP contribution in [0.1, 0.15) is 21.0 Å². The Bertz CT molecular complexity index is 778. The summed E-state index contributed by atoms with van der Waals surface area (Å²) in [7, 11) is 4.28. The topological polar surface area (TPSA) is 138 Å². The maximum atomic E-state index is 11.0. The van der Waals surface area contributed by atoms with Gasteiger partial charge in [0.15, 0.2) is 11.4 Å². The van der Waals surface area contributed by atoms with E-state index >= 15 is 0 Å². The molecule has 142 valence electrons. The van der Waals surface area contributed by atoms with Crippen LogP contribution in [0.2, 0.25) is 0 Å². The van der Waals surface area contributed by atoms with E-state index in [9.17, 15) is 9.59 Å². The SMILES string of the molecule is COC(=O)c1cc(OC)c(Br)cn1.COc1cc(C(=O)O)ncc1Br.[Na+].[OH-]. The summed E-state index contributed by atoms with van der Waals surface area (Å²) in [5.41, 5.74) is 0.192. The Morgan fingerprint density at radius 2 is 1.33 bits per heavy atom. The molecule has 9 nitrogen and oxygen atoms in total. The summed E-state index contributed by atoms with van der Waals surface area (Å²) in [6.07, 6.45) is 2.88. The van der Waals surface area contributed by atoms with Crippen LogP contribution >= 0.6 is 31.9 Å². The number of pyridine rings is 2. The van der Waals surface area contributed by atoms with Crippen LogP contribution in [0.25, 0.3) is 0 Å².